The van der Waals surface area contributed by atoms with E-state index in [1.807, 2.05) is 0 Å². The molecule has 0 radical (unpaired) electrons. The van der Waals surface area contributed by atoms with Crippen LogP contribution in [0.5, 0.6) is 5.75 Å². The van der Waals surface area contributed by atoms with E-state index in [0.717, 1.165) is 18.2 Å². The number of nitro benzene ring substituents is 2. The lowest BCUT2D eigenvalue weighted by molar-refractivity contribution is -0.394. The quantitative estimate of drug-likeness (QED) is 0.308. The average Bonchev–Trinajstić information content (AvgIpc) is 3.01. The smallest absolute Gasteiger partial charge is 0.344 e. The summed E-state index contributed by atoms with van der Waals surface area (Å²) >= 11 is 0. The van der Waals surface area contributed by atoms with E-state index in [9.17, 15) is 25.0 Å². The summed E-state index contributed by atoms with van der Waals surface area (Å²) in [6.45, 7) is 0. The highest BCUT2D eigenvalue weighted by molar-refractivity contribution is 5.93. The summed E-state index contributed by atoms with van der Waals surface area (Å²) < 4.78 is 10.1. The second-order valence-corrected chi connectivity index (χ2v) is 4.62. The maximum atomic E-state index is 12.1. The fourth-order valence-corrected chi connectivity index (χ4v) is 1.99. The van der Waals surface area contributed by atoms with Crippen molar-refractivity contribution >= 4 is 28.4 Å². The predicted octanol–water partition coefficient (Wildman–Crippen LogP) is 2.86. The number of esters is 1. The van der Waals surface area contributed by atoms with Gasteiger partial charge in [-0.15, -0.1) is 0 Å². The molecule has 0 aliphatic carbocycles. The fourth-order valence-electron chi connectivity index (χ4n) is 1.99. The second kappa shape index (κ2) is 5.76. The van der Waals surface area contributed by atoms with Crippen molar-refractivity contribution in [2.45, 2.75) is 0 Å². The minimum absolute atomic E-state index is 0.121. The van der Waals surface area contributed by atoms with E-state index < -0.39 is 27.2 Å². The van der Waals surface area contributed by atoms with Gasteiger partial charge in [0.05, 0.1) is 21.5 Å². The van der Waals surface area contributed by atoms with Crippen LogP contribution >= 0.6 is 0 Å². The number of nitro groups is 2. The Kier molecular flexibility index (Phi) is 3.62. The van der Waals surface area contributed by atoms with Crippen LogP contribution in [0.4, 0.5) is 11.4 Å². The predicted molar refractivity (Wildman–Crippen MR) is 78.7 cm³/mol. The third-order valence-corrected chi connectivity index (χ3v) is 3.07. The van der Waals surface area contributed by atoms with Gasteiger partial charge < -0.3 is 9.15 Å². The van der Waals surface area contributed by atoms with Gasteiger partial charge in [-0.25, -0.2) is 9.78 Å². The summed E-state index contributed by atoms with van der Waals surface area (Å²) in [7, 11) is 0. The van der Waals surface area contributed by atoms with Gasteiger partial charge in [-0.05, 0) is 12.1 Å². The van der Waals surface area contributed by atoms with Gasteiger partial charge in [0.1, 0.15) is 11.3 Å². The van der Waals surface area contributed by atoms with Gasteiger partial charge in [0.2, 0.25) is 0 Å². The number of ether oxygens (including phenoxy) is 1. The van der Waals surface area contributed by atoms with E-state index in [4.69, 9.17) is 9.15 Å². The minimum Gasteiger partial charge on any atom is -0.443 e. The second-order valence-electron chi connectivity index (χ2n) is 4.62. The zero-order valence-electron chi connectivity index (χ0n) is 11.7. The maximum Gasteiger partial charge on any atom is 0.344 e. The zero-order chi connectivity index (χ0) is 17.3. The number of benzene rings is 2. The van der Waals surface area contributed by atoms with Crippen molar-refractivity contribution in [2.24, 2.45) is 0 Å². The molecule has 10 nitrogen and oxygen atoms in total. The number of nitrogens with zero attached hydrogens (tertiary/aromatic N) is 3. The lowest BCUT2D eigenvalue weighted by atomic mass is 10.2. The Hall–Kier alpha value is -3.82. The molecule has 24 heavy (non-hydrogen) atoms. The highest BCUT2D eigenvalue weighted by Gasteiger charge is 2.21. The van der Waals surface area contributed by atoms with E-state index in [0.29, 0.717) is 11.1 Å². The molecule has 3 aromatic rings. The van der Waals surface area contributed by atoms with Crippen molar-refractivity contribution in [3.05, 3.63) is 68.6 Å². The first-order valence-corrected chi connectivity index (χ1v) is 6.43. The lowest BCUT2D eigenvalue weighted by Crippen LogP contribution is -2.09. The van der Waals surface area contributed by atoms with E-state index in [1.165, 1.54) is 24.6 Å². The minimum atomic E-state index is -0.968. The normalized spacial score (nSPS) is 10.5. The van der Waals surface area contributed by atoms with Gasteiger partial charge in [0.25, 0.3) is 11.4 Å². The standard InChI is InChI=1S/C14H7N3O7/c18-14(24-11-1-2-13-12(6-11)15-7-23-13)8-3-9(16(19)20)5-10(4-8)17(21)22/h1-7H. The maximum absolute atomic E-state index is 12.1. The number of hydrogen-bond donors (Lipinski definition) is 0. The van der Waals surface area contributed by atoms with Crippen molar-refractivity contribution < 1.29 is 23.8 Å². The van der Waals surface area contributed by atoms with Crippen molar-refractivity contribution in [3.8, 4) is 5.75 Å². The van der Waals surface area contributed by atoms with Crippen LogP contribution in [0.2, 0.25) is 0 Å². The lowest BCUT2D eigenvalue weighted by Gasteiger charge is -2.04. The van der Waals surface area contributed by atoms with Crippen molar-refractivity contribution in [3.63, 3.8) is 0 Å². The monoisotopic (exact) mass is 329 g/mol. The van der Waals surface area contributed by atoms with Crippen LogP contribution < -0.4 is 4.74 Å². The van der Waals surface area contributed by atoms with E-state index in [2.05, 4.69) is 4.98 Å². The van der Waals surface area contributed by atoms with E-state index >= 15 is 0 Å². The summed E-state index contributed by atoms with van der Waals surface area (Å²) in [6, 6.07) is 6.98. The molecule has 120 valence electrons. The van der Waals surface area contributed by atoms with Crippen LogP contribution in [0.3, 0.4) is 0 Å². The zero-order valence-corrected chi connectivity index (χ0v) is 11.7. The summed E-state index contributed by atoms with van der Waals surface area (Å²) in [5.41, 5.74) is -0.534. The molecule has 0 atom stereocenters. The average molecular weight is 329 g/mol. The fraction of sp³-hybridized carbons (Fsp3) is 0. The molecule has 0 spiro atoms. The first-order valence-electron chi connectivity index (χ1n) is 6.43. The number of non-ortho nitro benzene ring substituents is 2. The molecule has 3 rings (SSSR count). The van der Waals surface area contributed by atoms with Crippen molar-refractivity contribution in [2.75, 3.05) is 0 Å². The summed E-state index contributed by atoms with van der Waals surface area (Å²) in [4.78, 5) is 36.0. The van der Waals surface area contributed by atoms with Crippen molar-refractivity contribution in [1.29, 1.82) is 0 Å². The molecule has 0 fully saturated rings. The molecule has 0 saturated heterocycles. The largest absolute Gasteiger partial charge is 0.443 e. The molecule has 0 aliphatic heterocycles. The first kappa shape index (κ1) is 15.1. The van der Waals surface area contributed by atoms with Gasteiger partial charge >= 0.3 is 5.97 Å². The number of carbonyl (C=O) groups excluding carboxylic acids is 1. The molecule has 2 aromatic carbocycles. The van der Waals surface area contributed by atoms with Gasteiger partial charge in [0, 0.05) is 18.2 Å². The van der Waals surface area contributed by atoms with Crippen LogP contribution in [0.25, 0.3) is 11.1 Å². The van der Waals surface area contributed by atoms with Crippen LogP contribution in [0, 0.1) is 20.2 Å². The number of hydrogen-bond acceptors (Lipinski definition) is 8. The Morgan fingerprint density at radius 1 is 1.04 bits per heavy atom. The number of rotatable bonds is 4. The van der Waals surface area contributed by atoms with Gasteiger partial charge in [-0.1, -0.05) is 0 Å². The van der Waals surface area contributed by atoms with Crippen LogP contribution in [-0.4, -0.2) is 20.8 Å². The number of oxazole rings is 1. The molecule has 10 heteroatoms. The molecule has 0 saturated carbocycles. The van der Waals surface area contributed by atoms with Gasteiger partial charge in [-0.2, -0.15) is 0 Å². The summed E-state index contributed by atoms with van der Waals surface area (Å²) in [5, 5.41) is 21.7. The topological polar surface area (TPSA) is 139 Å². The number of aromatic nitrogens is 1. The molecule has 0 amide bonds. The Labute approximate surface area is 132 Å². The van der Waals surface area contributed by atoms with Gasteiger partial charge in [-0.3, -0.25) is 20.2 Å². The molecular weight excluding hydrogens is 322 g/mol. The van der Waals surface area contributed by atoms with Gasteiger partial charge in [0.15, 0.2) is 12.0 Å². The number of fused-ring (bicyclic) bond motifs is 1. The Morgan fingerprint density at radius 3 is 2.33 bits per heavy atom. The van der Waals surface area contributed by atoms with Crippen LogP contribution in [0.1, 0.15) is 10.4 Å². The highest BCUT2D eigenvalue weighted by atomic mass is 16.6. The molecule has 0 bridgehead atoms. The van der Waals surface area contributed by atoms with Crippen LogP contribution in [-0.2, 0) is 0 Å². The van der Waals surface area contributed by atoms with Crippen molar-refractivity contribution in [1.82, 2.24) is 4.98 Å². The number of carbonyl (C=O) groups is 1. The SMILES string of the molecule is O=C(Oc1ccc2ocnc2c1)c1cc([N+](=O)[O-])cc([N+](=O)[O-])c1. The van der Waals surface area contributed by atoms with E-state index in [1.54, 1.807) is 0 Å². The molecule has 0 unspecified atom stereocenters. The third-order valence-electron chi connectivity index (χ3n) is 3.07. The Bertz CT molecular complexity index is 947. The summed E-state index contributed by atoms with van der Waals surface area (Å²) in [5.74, 6) is -0.847. The molecule has 1 heterocycles. The van der Waals surface area contributed by atoms with E-state index in [-0.39, 0.29) is 11.3 Å². The Balaban J connectivity index is 1.93. The molecule has 1 aromatic heterocycles. The highest BCUT2D eigenvalue weighted by Crippen LogP contribution is 2.25. The molecule has 0 N–H and O–H groups in total. The van der Waals surface area contributed by atoms with Crippen LogP contribution in [0.15, 0.2) is 47.2 Å². The molecule has 0 aliphatic rings. The Morgan fingerprint density at radius 2 is 1.71 bits per heavy atom. The first-order chi connectivity index (χ1) is 11.4. The third kappa shape index (κ3) is 2.88. The summed E-state index contributed by atoms with van der Waals surface area (Å²) in [6.07, 6.45) is 1.22. The molecular formula is C14H7N3O7.